The normalized spacial score (nSPS) is 19.2. The molecule has 4 nitrogen and oxygen atoms in total. The highest BCUT2D eigenvalue weighted by molar-refractivity contribution is 5.83. The Balaban J connectivity index is 0.000000671. The molecule has 0 radical (unpaired) electrons. The fraction of sp³-hybridized carbons (Fsp3) is 0.778. The van der Waals surface area contributed by atoms with E-state index in [4.69, 9.17) is 11.0 Å². The molecule has 0 aromatic rings. The third-order valence-corrected chi connectivity index (χ3v) is 2.14. The number of rotatable bonds is 1. The zero-order valence-corrected chi connectivity index (χ0v) is 8.26. The minimum absolute atomic E-state index is 0.485. The van der Waals surface area contributed by atoms with E-state index >= 15 is 0 Å². The molecular weight excluding hydrogens is 166 g/mol. The van der Waals surface area contributed by atoms with E-state index in [0.717, 1.165) is 0 Å². The van der Waals surface area contributed by atoms with Gasteiger partial charge in [-0.3, -0.25) is 4.79 Å². The number of nitrogens with two attached hydrogens (primary N) is 1. The van der Waals surface area contributed by atoms with Crippen molar-refractivity contribution in [3.05, 3.63) is 0 Å². The van der Waals surface area contributed by atoms with Crippen molar-refractivity contribution in [3.63, 3.8) is 0 Å². The molecule has 1 fully saturated rings. The fourth-order valence-corrected chi connectivity index (χ4v) is 1.27. The summed E-state index contributed by atoms with van der Waals surface area (Å²) in [4.78, 5) is 10.9. The second kappa shape index (κ2) is 5.55. The molecule has 1 amide bonds. The lowest BCUT2D eigenvalue weighted by Gasteiger charge is -2.27. The molecule has 0 saturated carbocycles. The quantitative estimate of drug-likeness (QED) is 0.617. The Morgan fingerprint density at radius 1 is 1.46 bits per heavy atom. The van der Waals surface area contributed by atoms with Gasteiger partial charge in [0.2, 0.25) is 5.91 Å². The van der Waals surface area contributed by atoms with Gasteiger partial charge in [0.25, 0.3) is 0 Å². The van der Waals surface area contributed by atoms with Gasteiger partial charge < -0.3 is 11.1 Å². The first kappa shape index (κ1) is 11.9. The van der Waals surface area contributed by atoms with Gasteiger partial charge in [-0.1, -0.05) is 13.8 Å². The van der Waals surface area contributed by atoms with Gasteiger partial charge in [0.1, 0.15) is 5.41 Å². The summed E-state index contributed by atoms with van der Waals surface area (Å²) >= 11 is 0. The molecular formula is C9H17N3O. The van der Waals surface area contributed by atoms with Crippen molar-refractivity contribution >= 4 is 5.91 Å². The van der Waals surface area contributed by atoms with Crippen molar-refractivity contribution in [2.24, 2.45) is 11.1 Å². The molecule has 4 heteroatoms. The molecule has 0 aromatic heterocycles. The van der Waals surface area contributed by atoms with Gasteiger partial charge in [-0.05, 0) is 25.9 Å². The highest BCUT2D eigenvalue weighted by Gasteiger charge is 2.37. The lowest BCUT2D eigenvalue weighted by Crippen LogP contribution is -2.44. The predicted molar refractivity (Wildman–Crippen MR) is 50.7 cm³/mol. The van der Waals surface area contributed by atoms with Crippen molar-refractivity contribution < 1.29 is 4.79 Å². The minimum atomic E-state index is -0.898. The van der Waals surface area contributed by atoms with E-state index in [1.54, 1.807) is 0 Å². The molecule has 1 aliphatic heterocycles. The number of piperidine rings is 1. The number of carbonyl (C=O) groups is 1. The number of nitriles is 1. The predicted octanol–water partition coefficient (Wildman–Crippen LogP) is 0.391. The monoisotopic (exact) mass is 183 g/mol. The van der Waals surface area contributed by atoms with Gasteiger partial charge in [-0.15, -0.1) is 0 Å². The first-order chi connectivity index (χ1) is 6.21. The van der Waals surface area contributed by atoms with Crippen LogP contribution in [0.25, 0.3) is 0 Å². The molecule has 1 heterocycles. The summed E-state index contributed by atoms with van der Waals surface area (Å²) in [6.45, 7) is 5.41. The molecule has 1 rings (SSSR count). The molecule has 0 bridgehead atoms. The first-order valence-electron chi connectivity index (χ1n) is 4.63. The molecule has 0 atom stereocenters. The summed E-state index contributed by atoms with van der Waals surface area (Å²) in [7, 11) is 0. The maximum atomic E-state index is 10.9. The zero-order chi connectivity index (χ0) is 10.3. The van der Waals surface area contributed by atoms with Gasteiger partial charge in [-0.2, -0.15) is 5.26 Å². The molecule has 0 aromatic carbocycles. The number of nitrogens with one attached hydrogen (secondary N) is 1. The van der Waals surface area contributed by atoms with Gasteiger partial charge in [0, 0.05) is 0 Å². The van der Waals surface area contributed by atoms with Crippen LogP contribution in [0.1, 0.15) is 26.7 Å². The van der Waals surface area contributed by atoms with Crippen molar-refractivity contribution in [1.29, 1.82) is 5.26 Å². The van der Waals surface area contributed by atoms with Crippen molar-refractivity contribution in [2.75, 3.05) is 13.1 Å². The third kappa shape index (κ3) is 2.71. The van der Waals surface area contributed by atoms with Crippen LogP contribution in [0.15, 0.2) is 0 Å². The summed E-state index contributed by atoms with van der Waals surface area (Å²) in [5.41, 5.74) is 4.23. The highest BCUT2D eigenvalue weighted by atomic mass is 16.1. The molecule has 1 saturated heterocycles. The number of carbonyl (C=O) groups excluding carboxylic acids is 1. The van der Waals surface area contributed by atoms with E-state index in [1.165, 1.54) is 0 Å². The van der Waals surface area contributed by atoms with Crippen molar-refractivity contribution in [1.82, 2.24) is 5.32 Å². The van der Waals surface area contributed by atoms with Gasteiger partial charge in [0.05, 0.1) is 6.07 Å². The van der Waals surface area contributed by atoms with Crippen LogP contribution in [0, 0.1) is 16.7 Å². The van der Waals surface area contributed by atoms with E-state index in [0.29, 0.717) is 25.9 Å². The van der Waals surface area contributed by atoms with Crippen LogP contribution in [0.3, 0.4) is 0 Å². The van der Waals surface area contributed by atoms with E-state index in [1.807, 2.05) is 19.9 Å². The second-order valence-electron chi connectivity index (χ2n) is 2.81. The van der Waals surface area contributed by atoms with Crippen LogP contribution in [-0.4, -0.2) is 19.0 Å². The Hall–Kier alpha value is -1.08. The molecule has 74 valence electrons. The standard InChI is InChI=1S/C7H11N3O.C2H6/c8-5-7(6(9)11)1-3-10-4-2-7;1-2/h10H,1-4H2,(H2,9,11);1-2H3. The van der Waals surface area contributed by atoms with Crippen LogP contribution in [0.5, 0.6) is 0 Å². The van der Waals surface area contributed by atoms with Gasteiger partial charge in [0.15, 0.2) is 0 Å². The zero-order valence-electron chi connectivity index (χ0n) is 8.26. The Labute approximate surface area is 79.1 Å². The molecule has 0 aliphatic carbocycles. The molecule has 3 N–H and O–H groups in total. The Kier molecular flexibility index (Phi) is 5.09. The number of primary amides is 1. The molecule has 1 aliphatic rings. The largest absolute Gasteiger partial charge is 0.368 e. The fourth-order valence-electron chi connectivity index (χ4n) is 1.27. The average molecular weight is 183 g/mol. The number of amides is 1. The Bertz CT molecular complexity index is 201. The highest BCUT2D eigenvalue weighted by Crippen LogP contribution is 2.26. The lowest BCUT2D eigenvalue weighted by atomic mass is 9.80. The number of hydrogen-bond acceptors (Lipinski definition) is 3. The third-order valence-electron chi connectivity index (χ3n) is 2.14. The summed E-state index contributed by atoms with van der Waals surface area (Å²) in [5.74, 6) is -0.485. The summed E-state index contributed by atoms with van der Waals surface area (Å²) in [6.07, 6.45) is 1.08. The molecule has 13 heavy (non-hydrogen) atoms. The number of nitrogens with zero attached hydrogens (tertiary/aromatic N) is 1. The van der Waals surface area contributed by atoms with Crippen LogP contribution >= 0.6 is 0 Å². The van der Waals surface area contributed by atoms with Crippen molar-refractivity contribution in [3.8, 4) is 6.07 Å². The Morgan fingerprint density at radius 3 is 2.15 bits per heavy atom. The van der Waals surface area contributed by atoms with Crippen LogP contribution < -0.4 is 11.1 Å². The minimum Gasteiger partial charge on any atom is -0.368 e. The van der Waals surface area contributed by atoms with E-state index in [2.05, 4.69) is 5.32 Å². The summed E-state index contributed by atoms with van der Waals surface area (Å²) in [6, 6.07) is 2.00. The van der Waals surface area contributed by atoms with E-state index < -0.39 is 11.3 Å². The summed E-state index contributed by atoms with van der Waals surface area (Å²) < 4.78 is 0. The Morgan fingerprint density at radius 2 is 1.92 bits per heavy atom. The van der Waals surface area contributed by atoms with E-state index in [-0.39, 0.29) is 0 Å². The summed E-state index contributed by atoms with van der Waals surface area (Å²) in [5, 5.41) is 11.8. The topological polar surface area (TPSA) is 78.9 Å². The maximum absolute atomic E-state index is 10.9. The molecule has 0 spiro atoms. The first-order valence-corrected chi connectivity index (χ1v) is 4.63. The lowest BCUT2D eigenvalue weighted by molar-refractivity contribution is -0.125. The number of hydrogen-bond donors (Lipinski definition) is 2. The van der Waals surface area contributed by atoms with Crippen LogP contribution in [-0.2, 0) is 4.79 Å². The van der Waals surface area contributed by atoms with Crippen molar-refractivity contribution in [2.45, 2.75) is 26.7 Å². The smallest absolute Gasteiger partial charge is 0.238 e. The average Bonchev–Trinajstić information content (AvgIpc) is 2.21. The van der Waals surface area contributed by atoms with Crippen LogP contribution in [0.4, 0.5) is 0 Å². The maximum Gasteiger partial charge on any atom is 0.238 e. The second-order valence-corrected chi connectivity index (χ2v) is 2.81. The van der Waals surface area contributed by atoms with E-state index in [9.17, 15) is 4.79 Å². The van der Waals surface area contributed by atoms with Gasteiger partial charge >= 0.3 is 0 Å². The SMILES string of the molecule is CC.N#CC1(C(N)=O)CCNCC1. The molecule has 0 unspecified atom stereocenters. The van der Waals surface area contributed by atoms with Gasteiger partial charge in [-0.25, -0.2) is 0 Å². The van der Waals surface area contributed by atoms with Crippen LogP contribution in [0.2, 0.25) is 0 Å².